The van der Waals surface area contributed by atoms with E-state index in [4.69, 9.17) is 4.74 Å². The Bertz CT molecular complexity index is 461. The first-order chi connectivity index (χ1) is 9.15. The Labute approximate surface area is 112 Å². The van der Waals surface area contributed by atoms with Gasteiger partial charge in [-0.25, -0.2) is 4.39 Å². The van der Waals surface area contributed by atoms with Gasteiger partial charge in [0, 0.05) is 24.3 Å². The van der Waals surface area contributed by atoms with Crippen LogP contribution in [-0.4, -0.2) is 37.0 Å². The van der Waals surface area contributed by atoms with Crippen molar-refractivity contribution in [3.63, 3.8) is 0 Å². The van der Waals surface area contributed by atoms with Gasteiger partial charge in [0.05, 0.1) is 13.7 Å². The SMILES string of the molecule is CCN(C(=O)CNc1ccc(OC)c(F)c1)C1CC1. The molecule has 0 aromatic heterocycles. The van der Waals surface area contributed by atoms with Gasteiger partial charge in [0.1, 0.15) is 0 Å². The molecule has 4 nitrogen and oxygen atoms in total. The highest BCUT2D eigenvalue weighted by atomic mass is 19.1. The summed E-state index contributed by atoms with van der Waals surface area (Å²) in [6.45, 7) is 2.89. The van der Waals surface area contributed by atoms with Crippen LogP contribution in [0.1, 0.15) is 19.8 Å². The quantitative estimate of drug-likeness (QED) is 0.858. The van der Waals surface area contributed by atoms with Crippen LogP contribution < -0.4 is 10.1 Å². The van der Waals surface area contributed by atoms with Crippen LogP contribution in [0.3, 0.4) is 0 Å². The van der Waals surface area contributed by atoms with Crippen LogP contribution in [0.2, 0.25) is 0 Å². The normalized spacial score (nSPS) is 14.1. The van der Waals surface area contributed by atoms with Gasteiger partial charge in [0.2, 0.25) is 5.91 Å². The van der Waals surface area contributed by atoms with E-state index in [1.54, 1.807) is 12.1 Å². The van der Waals surface area contributed by atoms with Gasteiger partial charge in [-0.1, -0.05) is 0 Å². The molecule has 19 heavy (non-hydrogen) atoms. The van der Waals surface area contributed by atoms with Crippen molar-refractivity contribution in [2.75, 3.05) is 25.5 Å². The summed E-state index contributed by atoms with van der Waals surface area (Å²) in [5, 5.41) is 2.95. The molecule has 0 atom stereocenters. The maximum absolute atomic E-state index is 13.5. The van der Waals surface area contributed by atoms with Crippen LogP contribution in [0.25, 0.3) is 0 Å². The maximum atomic E-state index is 13.5. The average molecular weight is 266 g/mol. The molecule has 1 aliphatic carbocycles. The molecule has 0 heterocycles. The second kappa shape index (κ2) is 5.91. The van der Waals surface area contributed by atoms with Gasteiger partial charge in [-0.15, -0.1) is 0 Å². The number of halogens is 1. The molecule has 1 aliphatic rings. The Morgan fingerprint density at radius 2 is 2.26 bits per heavy atom. The van der Waals surface area contributed by atoms with Gasteiger partial charge in [-0.2, -0.15) is 0 Å². The summed E-state index contributed by atoms with van der Waals surface area (Å²) < 4.78 is 18.3. The molecule has 1 saturated carbocycles. The van der Waals surface area contributed by atoms with Crippen LogP contribution in [0.4, 0.5) is 10.1 Å². The lowest BCUT2D eigenvalue weighted by atomic mass is 10.3. The number of hydrogen-bond acceptors (Lipinski definition) is 3. The first kappa shape index (κ1) is 13.6. The second-order valence-corrected chi connectivity index (χ2v) is 4.61. The molecule has 0 unspecified atom stereocenters. The van der Waals surface area contributed by atoms with Crippen molar-refractivity contribution in [1.29, 1.82) is 0 Å². The zero-order chi connectivity index (χ0) is 13.8. The molecular weight excluding hydrogens is 247 g/mol. The number of rotatable bonds is 6. The van der Waals surface area contributed by atoms with E-state index in [9.17, 15) is 9.18 Å². The van der Waals surface area contributed by atoms with Crippen LogP contribution in [0.15, 0.2) is 18.2 Å². The molecule has 2 rings (SSSR count). The lowest BCUT2D eigenvalue weighted by molar-refractivity contribution is -0.129. The molecule has 5 heteroatoms. The summed E-state index contributed by atoms with van der Waals surface area (Å²) in [7, 11) is 1.42. The van der Waals surface area contributed by atoms with Gasteiger partial charge in [-0.05, 0) is 31.9 Å². The van der Waals surface area contributed by atoms with Gasteiger partial charge < -0.3 is 15.0 Å². The number of benzene rings is 1. The fraction of sp³-hybridized carbons (Fsp3) is 0.500. The predicted octanol–water partition coefficient (Wildman–Crippen LogP) is 2.26. The van der Waals surface area contributed by atoms with E-state index in [1.165, 1.54) is 13.2 Å². The zero-order valence-corrected chi connectivity index (χ0v) is 11.3. The Balaban J connectivity index is 1.91. The van der Waals surface area contributed by atoms with E-state index in [-0.39, 0.29) is 18.2 Å². The van der Waals surface area contributed by atoms with Crippen LogP contribution in [0, 0.1) is 5.82 Å². The Kier molecular flexibility index (Phi) is 4.24. The number of ether oxygens (including phenoxy) is 1. The summed E-state index contributed by atoms with van der Waals surface area (Å²) in [6, 6.07) is 4.98. The first-order valence-corrected chi connectivity index (χ1v) is 6.52. The summed E-state index contributed by atoms with van der Waals surface area (Å²) in [4.78, 5) is 13.9. The highest BCUT2D eigenvalue weighted by Crippen LogP contribution is 2.26. The molecule has 104 valence electrons. The van der Waals surface area contributed by atoms with Gasteiger partial charge in [0.25, 0.3) is 0 Å². The number of likely N-dealkylation sites (N-methyl/N-ethyl adjacent to an activating group) is 1. The largest absolute Gasteiger partial charge is 0.494 e. The first-order valence-electron chi connectivity index (χ1n) is 6.52. The third-order valence-corrected chi connectivity index (χ3v) is 3.24. The van der Waals surface area contributed by atoms with E-state index in [0.717, 1.165) is 19.4 Å². The van der Waals surface area contributed by atoms with Crippen LogP contribution >= 0.6 is 0 Å². The van der Waals surface area contributed by atoms with Crippen molar-refractivity contribution in [2.24, 2.45) is 0 Å². The standard InChI is InChI=1S/C14H19FN2O2/c1-3-17(11-5-6-11)14(18)9-16-10-4-7-13(19-2)12(15)8-10/h4,7-8,11,16H,3,5-6,9H2,1-2H3. The number of hydrogen-bond donors (Lipinski definition) is 1. The monoisotopic (exact) mass is 266 g/mol. The highest BCUT2D eigenvalue weighted by Gasteiger charge is 2.30. The zero-order valence-electron chi connectivity index (χ0n) is 11.3. The second-order valence-electron chi connectivity index (χ2n) is 4.61. The number of nitrogens with zero attached hydrogens (tertiary/aromatic N) is 1. The molecule has 1 aromatic carbocycles. The number of methoxy groups -OCH3 is 1. The minimum absolute atomic E-state index is 0.0567. The van der Waals surface area contributed by atoms with E-state index in [1.807, 2.05) is 11.8 Å². The molecule has 0 aliphatic heterocycles. The minimum Gasteiger partial charge on any atom is -0.494 e. The van der Waals surface area contributed by atoms with E-state index < -0.39 is 5.82 Å². The Morgan fingerprint density at radius 3 is 2.79 bits per heavy atom. The molecule has 1 amide bonds. The number of amides is 1. The summed E-state index contributed by atoms with van der Waals surface area (Å²) in [5.41, 5.74) is 0.582. The fourth-order valence-electron chi connectivity index (χ4n) is 2.08. The lowest BCUT2D eigenvalue weighted by Gasteiger charge is -2.20. The fourth-order valence-corrected chi connectivity index (χ4v) is 2.08. The molecule has 0 spiro atoms. The molecule has 0 bridgehead atoms. The maximum Gasteiger partial charge on any atom is 0.242 e. The third kappa shape index (κ3) is 3.36. The van der Waals surface area contributed by atoms with Crippen LogP contribution in [-0.2, 0) is 4.79 Å². The van der Waals surface area contributed by atoms with Crippen molar-refractivity contribution in [1.82, 2.24) is 4.90 Å². The average Bonchev–Trinajstić information content (AvgIpc) is 3.22. The van der Waals surface area contributed by atoms with E-state index in [2.05, 4.69) is 5.32 Å². The van der Waals surface area contributed by atoms with Gasteiger partial charge in [-0.3, -0.25) is 4.79 Å². The van der Waals surface area contributed by atoms with Crippen molar-refractivity contribution < 1.29 is 13.9 Å². The Hall–Kier alpha value is -1.78. The molecule has 1 aromatic rings. The van der Waals surface area contributed by atoms with Crippen molar-refractivity contribution in [2.45, 2.75) is 25.8 Å². The molecule has 0 radical (unpaired) electrons. The lowest BCUT2D eigenvalue weighted by Crippen LogP contribution is -2.37. The third-order valence-electron chi connectivity index (χ3n) is 3.24. The van der Waals surface area contributed by atoms with Gasteiger partial charge in [0.15, 0.2) is 11.6 Å². The molecular formula is C14H19FN2O2. The minimum atomic E-state index is -0.436. The van der Waals surface area contributed by atoms with Crippen molar-refractivity contribution >= 4 is 11.6 Å². The van der Waals surface area contributed by atoms with Crippen LogP contribution in [0.5, 0.6) is 5.75 Å². The number of anilines is 1. The van der Waals surface area contributed by atoms with Gasteiger partial charge >= 0.3 is 0 Å². The molecule has 0 saturated heterocycles. The summed E-state index contributed by atoms with van der Waals surface area (Å²) in [6.07, 6.45) is 2.19. The number of carbonyl (C=O) groups excluding carboxylic acids is 1. The molecule has 1 N–H and O–H groups in total. The summed E-state index contributed by atoms with van der Waals surface area (Å²) >= 11 is 0. The number of nitrogens with one attached hydrogen (secondary N) is 1. The topological polar surface area (TPSA) is 41.6 Å². The smallest absolute Gasteiger partial charge is 0.242 e. The predicted molar refractivity (Wildman–Crippen MR) is 71.9 cm³/mol. The van der Waals surface area contributed by atoms with Crippen molar-refractivity contribution in [3.05, 3.63) is 24.0 Å². The van der Waals surface area contributed by atoms with E-state index in [0.29, 0.717) is 11.7 Å². The van der Waals surface area contributed by atoms with E-state index >= 15 is 0 Å². The Morgan fingerprint density at radius 1 is 1.53 bits per heavy atom. The number of carbonyl (C=O) groups is 1. The molecule has 1 fully saturated rings. The summed E-state index contributed by atoms with van der Waals surface area (Å²) in [5.74, 6) is -0.180. The highest BCUT2D eigenvalue weighted by molar-refractivity contribution is 5.81. The van der Waals surface area contributed by atoms with Crippen molar-refractivity contribution in [3.8, 4) is 5.75 Å².